The summed E-state index contributed by atoms with van der Waals surface area (Å²) < 4.78 is 0. The Morgan fingerprint density at radius 1 is 0.419 bits per heavy atom. The lowest BCUT2D eigenvalue weighted by Gasteiger charge is -2.20. The van der Waals surface area contributed by atoms with Crippen LogP contribution in [-0.2, 0) is 9.59 Å². The highest BCUT2D eigenvalue weighted by Gasteiger charge is 2.29. The molecule has 0 amide bonds. The second kappa shape index (κ2) is 9.82. The van der Waals surface area contributed by atoms with Gasteiger partial charge in [-0.1, -0.05) is 121 Å². The third-order valence-corrected chi connectivity index (χ3v) is 5.52. The monoisotopic (exact) mass is 404 g/mol. The van der Waals surface area contributed by atoms with Crippen LogP contribution in [0.25, 0.3) is 0 Å². The highest BCUT2D eigenvalue weighted by atomic mass is 16.1. The zero-order chi connectivity index (χ0) is 21.5. The van der Waals surface area contributed by atoms with Gasteiger partial charge in [-0.15, -0.1) is 0 Å². The minimum absolute atomic E-state index is 0.0840. The summed E-state index contributed by atoms with van der Waals surface area (Å²) in [6.45, 7) is 0. The summed E-state index contributed by atoms with van der Waals surface area (Å²) in [5.74, 6) is -1.09. The van der Waals surface area contributed by atoms with Crippen molar-refractivity contribution >= 4 is 11.6 Å². The van der Waals surface area contributed by atoms with Crippen LogP contribution in [0.4, 0.5) is 0 Å². The highest BCUT2D eigenvalue weighted by Crippen LogP contribution is 2.31. The van der Waals surface area contributed by atoms with E-state index in [9.17, 15) is 9.59 Å². The number of Topliss-reactive ketones (excluding diaryl/α,β-unsaturated/α-hetero) is 2. The van der Waals surface area contributed by atoms with Gasteiger partial charge in [-0.3, -0.25) is 9.59 Å². The third kappa shape index (κ3) is 4.87. The number of hydrogen-bond donors (Lipinski definition) is 0. The molecule has 0 aliphatic heterocycles. The van der Waals surface area contributed by atoms with Gasteiger partial charge in [0.25, 0.3) is 0 Å². The normalized spacial score (nSPS) is 10.9. The highest BCUT2D eigenvalue weighted by molar-refractivity contribution is 6.06. The molecule has 0 atom stereocenters. The summed E-state index contributed by atoms with van der Waals surface area (Å²) in [5, 5.41) is 0. The predicted molar refractivity (Wildman–Crippen MR) is 124 cm³/mol. The molecule has 2 nitrogen and oxygen atoms in total. The number of rotatable bonds is 8. The van der Waals surface area contributed by atoms with Crippen LogP contribution in [0.5, 0.6) is 0 Å². The summed E-state index contributed by atoms with van der Waals surface area (Å²) in [4.78, 5) is 27.0. The molecule has 0 heterocycles. The molecule has 0 radical (unpaired) electrons. The summed E-state index contributed by atoms with van der Waals surface area (Å²) in [6, 6.07) is 38.8. The van der Waals surface area contributed by atoms with Crippen LogP contribution in [0.1, 0.15) is 40.5 Å². The molecule has 0 N–H and O–H groups in total. The molecule has 0 unspecified atom stereocenters. The average Bonchev–Trinajstić information content (AvgIpc) is 2.82. The maximum Gasteiger partial charge on any atom is 0.152 e. The summed E-state index contributed by atoms with van der Waals surface area (Å²) in [7, 11) is 0. The first-order valence-corrected chi connectivity index (χ1v) is 10.5. The van der Waals surface area contributed by atoms with Crippen molar-refractivity contribution < 1.29 is 9.59 Å². The van der Waals surface area contributed by atoms with E-state index in [-0.39, 0.29) is 18.0 Å². The van der Waals surface area contributed by atoms with Gasteiger partial charge in [0, 0.05) is 0 Å². The molecule has 0 bridgehead atoms. The van der Waals surface area contributed by atoms with Crippen LogP contribution < -0.4 is 0 Å². The third-order valence-electron chi connectivity index (χ3n) is 5.52. The Morgan fingerprint density at radius 2 is 0.645 bits per heavy atom. The van der Waals surface area contributed by atoms with E-state index in [1.165, 1.54) is 0 Å². The molecule has 152 valence electrons. The molecule has 0 saturated heterocycles. The Kier molecular flexibility index (Phi) is 6.49. The zero-order valence-corrected chi connectivity index (χ0v) is 17.2. The first-order valence-electron chi connectivity index (χ1n) is 10.5. The lowest BCUT2D eigenvalue weighted by molar-refractivity contribution is -0.127. The minimum Gasteiger partial charge on any atom is -0.298 e. The molecule has 31 heavy (non-hydrogen) atoms. The predicted octanol–water partition coefficient (Wildman–Crippen LogP) is 6.18. The van der Waals surface area contributed by atoms with Gasteiger partial charge < -0.3 is 0 Å². The first kappa shape index (κ1) is 20.5. The van der Waals surface area contributed by atoms with Crippen molar-refractivity contribution in [3.8, 4) is 0 Å². The van der Waals surface area contributed by atoms with Crippen molar-refractivity contribution in [1.82, 2.24) is 0 Å². The number of carbonyl (C=O) groups is 2. The Morgan fingerprint density at radius 3 is 0.871 bits per heavy atom. The Hall–Kier alpha value is -3.78. The molecule has 0 aliphatic rings. The first-order chi connectivity index (χ1) is 15.2. The number of carbonyl (C=O) groups excluding carboxylic acids is 2. The maximum absolute atomic E-state index is 13.5. The number of benzene rings is 4. The van der Waals surface area contributed by atoms with Gasteiger partial charge in [-0.05, 0) is 22.3 Å². The summed E-state index contributed by atoms with van der Waals surface area (Å²) in [5.41, 5.74) is 3.62. The largest absolute Gasteiger partial charge is 0.298 e. The van der Waals surface area contributed by atoms with E-state index >= 15 is 0 Å². The second-order valence-corrected chi connectivity index (χ2v) is 7.62. The SMILES string of the molecule is O=C(CC(=O)C(c1ccccc1)c1ccccc1)C(c1ccccc1)c1ccccc1. The molecule has 2 heteroatoms. The molecule has 4 rings (SSSR count). The van der Waals surface area contributed by atoms with Gasteiger partial charge >= 0.3 is 0 Å². The molecule has 4 aromatic carbocycles. The molecule has 0 spiro atoms. The van der Waals surface area contributed by atoms with Crippen LogP contribution >= 0.6 is 0 Å². The van der Waals surface area contributed by atoms with Gasteiger partial charge in [-0.25, -0.2) is 0 Å². The van der Waals surface area contributed by atoms with Crippen molar-refractivity contribution in [1.29, 1.82) is 0 Å². The van der Waals surface area contributed by atoms with E-state index in [1.54, 1.807) is 0 Å². The van der Waals surface area contributed by atoms with Crippen molar-refractivity contribution in [3.63, 3.8) is 0 Å². The van der Waals surface area contributed by atoms with Crippen LogP contribution in [-0.4, -0.2) is 11.6 Å². The standard InChI is InChI=1S/C29H24O2/c30-26(28(22-13-5-1-6-14-22)23-15-7-2-8-16-23)21-27(31)29(24-17-9-3-10-18-24)25-19-11-4-12-20-25/h1-20,28-29H,21H2. The number of ketones is 2. The fourth-order valence-corrected chi connectivity index (χ4v) is 4.09. The van der Waals surface area contributed by atoms with Crippen molar-refractivity contribution in [2.45, 2.75) is 18.3 Å². The summed E-state index contributed by atoms with van der Waals surface area (Å²) >= 11 is 0. The molecule has 0 saturated carbocycles. The molecule has 4 aromatic rings. The van der Waals surface area contributed by atoms with Crippen LogP contribution in [0.3, 0.4) is 0 Å². The Labute approximate surface area is 183 Å². The van der Waals surface area contributed by atoms with Crippen LogP contribution in [0, 0.1) is 0 Å². The zero-order valence-electron chi connectivity index (χ0n) is 17.2. The fourth-order valence-electron chi connectivity index (χ4n) is 4.09. The second-order valence-electron chi connectivity index (χ2n) is 7.62. The molecule has 0 aromatic heterocycles. The van der Waals surface area contributed by atoms with E-state index in [2.05, 4.69) is 0 Å². The van der Waals surface area contributed by atoms with Crippen molar-refractivity contribution in [2.75, 3.05) is 0 Å². The van der Waals surface area contributed by atoms with E-state index in [4.69, 9.17) is 0 Å². The van der Waals surface area contributed by atoms with Gasteiger partial charge in [0.2, 0.25) is 0 Å². The quantitative estimate of drug-likeness (QED) is 0.329. The van der Waals surface area contributed by atoms with Gasteiger partial charge in [0.05, 0.1) is 18.3 Å². The van der Waals surface area contributed by atoms with Gasteiger partial charge in [0.1, 0.15) is 0 Å². The number of hydrogen-bond acceptors (Lipinski definition) is 2. The molecular weight excluding hydrogens is 380 g/mol. The van der Waals surface area contributed by atoms with E-state index < -0.39 is 11.8 Å². The average molecular weight is 405 g/mol. The Balaban J connectivity index is 1.66. The minimum atomic E-state index is -0.460. The summed E-state index contributed by atoms with van der Waals surface area (Å²) in [6.07, 6.45) is -0.122. The smallest absolute Gasteiger partial charge is 0.152 e. The topological polar surface area (TPSA) is 34.1 Å². The lowest BCUT2D eigenvalue weighted by Crippen LogP contribution is -2.22. The van der Waals surface area contributed by atoms with Crippen molar-refractivity contribution in [3.05, 3.63) is 144 Å². The van der Waals surface area contributed by atoms with E-state index in [1.807, 2.05) is 121 Å². The maximum atomic E-state index is 13.5. The Bertz CT molecular complexity index is 949. The molecule has 0 fully saturated rings. The van der Waals surface area contributed by atoms with E-state index in [0.717, 1.165) is 22.3 Å². The molecular formula is C29H24O2. The fraction of sp³-hybridized carbons (Fsp3) is 0.103. The van der Waals surface area contributed by atoms with E-state index in [0.29, 0.717) is 0 Å². The molecule has 0 aliphatic carbocycles. The van der Waals surface area contributed by atoms with Gasteiger partial charge in [0.15, 0.2) is 11.6 Å². The van der Waals surface area contributed by atoms with Crippen LogP contribution in [0.2, 0.25) is 0 Å². The van der Waals surface area contributed by atoms with Gasteiger partial charge in [-0.2, -0.15) is 0 Å². The van der Waals surface area contributed by atoms with Crippen molar-refractivity contribution in [2.24, 2.45) is 0 Å². The lowest BCUT2D eigenvalue weighted by atomic mass is 9.81. The van der Waals surface area contributed by atoms with Crippen LogP contribution in [0.15, 0.2) is 121 Å².